The summed E-state index contributed by atoms with van der Waals surface area (Å²) in [7, 11) is 1.24. The Morgan fingerprint density at radius 1 is 1.39 bits per heavy atom. The van der Waals surface area contributed by atoms with Crippen LogP contribution in [0.3, 0.4) is 0 Å². The molecule has 1 atom stereocenters. The first-order chi connectivity index (χ1) is 8.24. The monoisotopic (exact) mass is 257 g/mol. The van der Waals surface area contributed by atoms with E-state index in [2.05, 4.69) is 4.74 Å². The van der Waals surface area contributed by atoms with Crippen molar-refractivity contribution < 1.29 is 23.9 Å². The summed E-state index contributed by atoms with van der Waals surface area (Å²) >= 11 is 0. The van der Waals surface area contributed by atoms with E-state index in [1.165, 1.54) is 12.0 Å². The van der Waals surface area contributed by atoms with Crippen molar-refractivity contribution in [2.24, 2.45) is 0 Å². The maximum absolute atomic E-state index is 11.9. The van der Waals surface area contributed by atoms with Crippen LogP contribution in [-0.2, 0) is 23.9 Å². The normalized spacial score (nSPS) is 19.9. The highest BCUT2D eigenvalue weighted by Gasteiger charge is 2.39. The van der Waals surface area contributed by atoms with Crippen LogP contribution < -0.4 is 0 Å². The number of hydrogen-bond donors (Lipinski definition) is 0. The molecule has 1 heterocycles. The third kappa shape index (κ3) is 3.72. The highest BCUT2D eigenvalue weighted by Crippen LogP contribution is 2.22. The lowest BCUT2D eigenvalue weighted by molar-refractivity contribution is -0.163. The van der Waals surface area contributed by atoms with Crippen molar-refractivity contribution in [2.75, 3.05) is 13.7 Å². The van der Waals surface area contributed by atoms with Crippen LogP contribution in [0.15, 0.2) is 0 Å². The van der Waals surface area contributed by atoms with Crippen molar-refractivity contribution >= 4 is 17.8 Å². The Labute approximate surface area is 106 Å². The highest BCUT2D eigenvalue weighted by molar-refractivity contribution is 5.91. The zero-order chi connectivity index (χ0) is 13.9. The summed E-state index contributed by atoms with van der Waals surface area (Å²) in [5, 5.41) is 0. The Balaban J connectivity index is 2.71. The minimum atomic E-state index is -0.684. The Morgan fingerprint density at radius 2 is 2.00 bits per heavy atom. The van der Waals surface area contributed by atoms with Crippen molar-refractivity contribution in [3.8, 4) is 0 Å². The zero-order valence-electron chi connectivity index (χ0n) is 11.2. The van der Waals surface area contributed by atoms with Crippen LogP contribution in [0.25, 0.3) is 0 Å². The van der Waals surface area contributed by atoms with Gasteiger partial charge in [-0.3, -0.25) is 9.59 Å². The molecule has 18 heavy (non-hydrogen) atoms. The van der Waals surface area contributed by atoms with Gasteiger partial charge in [-0.25, -0.2) is 4.79 Å². The fourth-order valence-electron chi connectivity index (χ4n) is 1.75. The van der Waals surface area contributed by atoms with Crippen molar-refractivity contribution in [2.45, 2.75) is 45.3 Å². The molecular formula is C12H19NO5. The van der Waals surface area contributed by atoms with E-state index in [4.69, 9.17) is 4.74 Å². The Morgan fingerprint density at radius 3 is 2.50 bits per heavy atom. The molecule has 0 bridgehead atoms. The average molecular weight is 257 g/mol. The lowest BCUT2D eigenvalue weighted by Gasteiger charge is -2.26. The highest BCUT2D eigenvalue weighted by atomic mass is 16.6. The number of carbonyl (C=O) groups excluding carboxylic acids is 3. The number of methoxy groups -OCH3 is 1. The number of nitrogens with zero attached hydrogens (tertiary/aromatic N) is 1. The molecule has 1 saturated heterocycles. The second-order valence-corrected chi connectivity index (χ2v) is 5.19. The lowest BCUT2D eigenvalue weighted by atomic mass is 10.1. The number of hydrogen-bond acceptors (Lipinski definition) is 5. The molecule has 0 aromatic heterocycles. The number of likely N-dealkylation sites (tertiary alicyclic amines) is 1. The topological polar surface area (TPSA) is 72.9 Å². The quantitative estimate of drug-likeness (QED) is 0.688. The van der Waals surface area contributed by atoms with Crippen LogP contribution in [-0.4, -0.2) is 48.0 Å². The van der Waals surface area contributed by atoms with E-state index < -0.39 is 23.6 Å². The first-order valence-corrected chi connectivity index (χ1v) is 5.84. The zero-order valence-corrected chi connectivity index (χ0v) is 11.2. The number of rotatable bonds is 3. The summed E-state index contributed by atoms with van der Waals surface area (Å²) in [5.41, 5.74) is -0.611. The Kier molecular flexibility index (Phi) is 4.32. The van der Waals surface area contributed by atoms with Crippen LogP contribution in [0.5, 0.6) is 0 Å². The predicted molar refractivity (Wildman–Crippen MR) is 62.6 cm³/mol. The third-order valence-corrected chi connectivity index (χ3v) is 2.53. The van der Waals surface area contributed by atoms with Crippen LogP contribution in [0.4, 0.5) is 0 Å². The standard InChI is InChI=1S/C12H19NO5/c1-12(2,3)18-11(16)8-5-6-9(14)13(8)7-10(15)17-4/h8H,5-7H2,1-4H3. The van der Waals surface area contributed by atoms with Crippen molar-refractivity contribution in [1.82, 2.24) is 4.90 Å². The predicted octanol–water partition coefficient (Wildman–Crippen LogP) is 0.492. The summed E-state index contributed by atoms with van der Waals surface area (Å²) in [6.45, 7) is 5.06. The molecule has 0 N–H and O–H groups in total. The van der Waals surface area contributed by atoms with Crippen molar-refractivity contribution in [3.63, 3.8) is 0 Å². The van der Waals surface area contributed by atoms with Crippen LogP contribution >= 0.6 is 0 Å². The molecule has 0 aromatic carbocycles. The molecule has 0 aliphatic carbocycles. The van der Waals surface area contributed by atoms with Gasteiger partial charge < -0.3 is 14.4 Å². The van der Waals surface area contributed by atoms with Gasteiger partial charge in [0.05, 0.1) is 7.11 Å². The van der Waals surface area contributed by atoms with E-state index in [0.29, 0.717) is 6.42 Å². The Bertz CT molecular complexity index is 358. The molecule has 102 valence electrons. The Hall–Kier alpha value is -1.59. The van der Waals surface area contributed by atoms with Crippen LogP contribution in [0.2, 0.25) is 0 Å². The van der Waals surface area contributed by atoms with Gasteiger partial charge in [-0.2, -0.15) is 0 Å². The van der Waals surface area contributed by atoms with Gasteiger partial charge in [-0.05, 0) is 27.2 Å². The second kappa shape index (κ2) is 5.37. The third-order valence-electron chi connectivity index (χ3n) is 2.53. The van der Waals surface area contributed by atoms with E-state index in [1.54, 1.807) is 20.8 Å². The first-order valence-electron chi connectivity index (χ1n) is 5.84. The van der Waals surface area contributed by atoms with E-state index in [0.717, 1.165) is 0 Å². The lowest BCUT2D eigenvalue weighted by Crippen LogP contribution is -2.44. The molecule has 6 heteroatoms. The number of esters is 2. The smallest absolute Gasteiger partial charge is 0.329 e. The minimum Gasteiger partial charge on any atom is -0.468 e. The average Bonchev–Trinajstić information content (AvgIpc) is 2.58. The summed E-state index contributed by atoms with van der Waals surface area (Å²) < 4.78 is 9.73. The number of amides is 1. The molecule has 1 unspecified atom stereocenters. The van der Waals surface area contributed by atoms with Crippen LogP contribution in [0.1, 0.15) is 33.6 Å². The first kappa shape index (κ1) is 14.5. The van der Waals surface area contributed by atoms with Gasteiger partial charge in [-0.15, -0.1) is 0 Å². The molecule has 1 amide bonds. The molecule has 1 aliphatic rings. The molecule has 1 rings (SSSR count). The fourth-order valence-corrected chi connectivity index (χ4v) is 1.75. The summed E-state index contributed by atoms with van der Waals surface area (Å²) in [6, 6.07) is -0.684. The van der Waals surface area contributed by atoms with Crippen molar-refractivity contribution in [3.05, 3.63) is 0 Å². The largest absolute Gasteiger partial charge is 0.468 e. The molecule has 0 radical (unpaired) electrons. The fraction of sp³-hybridized carbons (Fsp3) is 0.750. The van der Waals surface area contributed by atoms with Crippen molar-refractivity contribution in [1.29, 1.82) is 0 Å². The van der Waals surface area contributed by atoms with Gasteiger partial charge >= 0.3 is 11.9 Å². The molecule has 0 aromatic rings. The number of carbonyl (C=O) groups is 3. The van der Waals surface area contributed by atoms with Gasteiger partial charge in [0.1, 0.15) is 18.2 Å². The van der Waals surface area contributed by atoms with E-state index in [1.807, 2.05) is 0 Å². The number of ether oxygens (including phenoxy) is 2. The molecule has 1 aliphatic heterocycles. The van der Waals surface area contributed by atoms with E-state index in [9.17, 15) is 14.4 Å². The molecule has 0 spiro atoms. The van der Waals surface area contributed by atoms with Gasteiger partial charge in [0.25, 0.3) is 0 Å². The molecular weight excluding hydrogens is 238 g/mol. The summed E-state index contributed by atoms with van der Waals surface area (Å²) in [6.07, 6.45) is 0.631. The van der Waals surface area contributed by atoms with Gasteiger partial charge in [-0.1, -0.05) is 0 Å². The van der Waals surface area contributed by atoms with E-state index in [-0.39, 0.29) is 18.9 Å². The van der Waals surface area contributed by atoms with Crippen LogP contribution in [0, 0.1) is 0 Å². The summed E-state index contributed by atoms with van der Waals surface area (Å²) in [5.74, 6) is -1.24. The molecule has 1 fully saturated rings. The second-order valence-electron chi connectivity index (χ2n) is 5.19. The SMILES string of the molecule is COC(=O)CN1C(=O)CCC1C(=O)OC(C)(C)C. The van der Waals surface area contributed by atoms with Gasteiger partial charge in [0, 0.05) is 6.42 Å². The summed E-state index contributed by atoms with van der Waals surface area (Å²) in [4.78, 5) is 36.0. The maximum Gasteiger partial charge on any atom is 0.329 e. The van der Waals surface area contributed by atoms with Gasteiger partial charge in [0.15, 0.2) is 0 Å². The minimum absolute atomic E-state index is 0.209. The maximum atomic E-state index is 11.9. The van der Waals surface area contributed by atoms with Gasteiger partial charge in [0.2, 0.25) is 5.91 Å². The molecule has 0 saturated carbocycles. The molecule has 6 nitrogen and oxygen atoms in total. The van der Waals surface area contributed by atoms with E-state index >= 15 is 0 Å².